The zero-order chi connectivity index (χ0) is 16.1. The Morgan fingerprint density at radius 3 is 2.41 bits per heavy atom. The highest BCUT2D eigenvalue weighted by atomic mass is 16.5. The summed E-state index contributed by atoms with van der Waals surface area (Å²) in [5.41, 5.74) is 0.443. The molecule has 1 N–H and O–H groups in total. The van der Waals surface area contributed by atoms with Crippen LogP contribution in [0.3, 0.4) is 0 Å². The molecule has 1 aromatic carbocycles. The highest BCUT2D eigenvalue weighted by molar-refractivity contribution is 5.96. The molecule has 118 valence electrons. The number of aliphatic carboxylic acids is 1. The molecule has 2 atom stereocenters. The van der Waals surface area contributed by atoms with Gasteiger partial charge in [0.1, 0.15) is 11.5 Å². The maximum atomic E-state index is 12.4. The smallest absolute Gasteiger partial charge is 0.228 e. The van der Waals surface area contributed by atoms with Crippen LogP contribution in [0.4, 0.5) is 5.69 Å². The number of rotatable bonds is 5. The van der Waals surface area contributed by atoms with E-state index in [1.165, 1.54) is 14.2 Å². The first-order valence-corrected chi connectivity index (χ1v) is 6.95. The van der Waals surface area contributed by atoms with Gasteiger partial charge >= 0.3 is 0 Å². The van der Waals surface area contributed by atoms with E-state index in [9.17, 15) is 14.7 Å². The van der Waals surface area contributed by atoms with E-state index in [0.29, 0.717) is 30.0 Å². The fourth-order valence-electron chi connectivity index (χ4n) is 2.50. The van der Waals surface area contributed by atoms with Gasteiger partial charge in [-0.25, -0.2) is 0 Å². The average molecular weight is 304 g/mol. The normalized spacial score (nSPS) is 20.3. The van der Waals surface area contributed by atoms with Gasteiger partial charge in [-0.1, -0.05) is 12.2 Å². The summed E-state index contributed by atoms with van der Waals surface area (Å²) in [7, 11) is 3.01. The summed E-state index contributed by atoms with van der Waals surface area (Å²) in [5.74, 6) is -2.01. The second-order valence-corrected chi connectivity index (χ2v) is 5.03. The Kier molecular flexibility index (Phi) is 5.04. The van der Waals surface area contributed by atoms with Crippen LogP contribution < -0.4 is 19.9 Å². The van der Waals surface area contributed by atoms with Crippen LogP contribution in [-0.2, 0) is 9.59 Å². The van der Waals surface area contributed by atoms with Crippen molar-refractivity contribution in [2.24, 2.45) is 11.8 Å². The Labute approximate surface area is 128 Å². The third-order valence-corrected chi connectivity index (χ3v) is 3.74. The van der Waals surface area contributed by atoms with Gasteiger partial charge in [-0.05, 0) is 25.0 Å². The number of carboxylic acids is 1. The lowest BCUT2D eigenvalue weighted by Gasteiger charge is -2.28. The van der Waals surface area contributed by atoms with E-state index in [2.05, 4.69) is 5.32 Å². The van der Waals surface area contributed by atoms with Gasteiger partial charge in [0.2, 0.25) is 5.91 Å². The van der Waals surface area contributed by atoms with Gasteiger partial charge in [-0.2, -0.15) is 0 Å². The number of hydrogen-bond acceptors (Lipinski definition) is 5. The Balaban J connectivity index is 2.20. The summed E-state index contributed by atoms with van der Waals surface area (Å²) < 4.78 is 10.3. The molecule has 6 nitrogen and oxygen atoms in total. The lowest BCUT2D eigenvalue weighted by molar-refractivity contribution is -0.313. The minimum atomic E-state index is -1.21. The number of hydrogen-bond donors (Lipinski definition) is 1. The van der Waals surface area contributed by atoms with Crippen LogP contribution in [0, 0.1) is 11.8 Å². The minimum absolute atomic E-state index is 0.301. The lowest BCUT2D eigenvalue weighted by atomic mass is 9.82. The number of carbonyl (C=O) groups excluding carboxylic acids is 2. The molecule has 0 unspecified atom stereocenters. The summed E-state index contributed by atoms with van der Waals surface area (Å²) in [6, 6.07) is 5.01. The average Bonchev–Trinajstić information content (AvgIpc) is 2.54. The van der Waals surface area contributed by atoms with E-state index in [1.807, 2.05) is 6.08 Å². The summed E-state index contributed by atoms with van der Waals surface area (Å²) >= 11 is 0. The second kappa shape index (κ2) is 6.98. The monoisotopic (exact) mass is 304 g/mol. The molecule has 0 bridgehead atoms. The Bertz CT molecular complexity index is 596. The first kappa shape index (κ1) is 15.9. The number of methoxy groups -OCH3 is 2. The van der Waals surface area contributed by atoms with E-state index in [-0.39, 0.29) is 5.91 Å². The maximum Gasteiger partial charge on any atom is 0.228 e. The lowest BCUT2D eigenvalue weighted by Crippen LogP contribution is -2.41. The van der Waals surface area contributed by atoms with Crippen LogP contribution in [0.25, 0.3) is 0 Å². The summed E-state index contributed by atoms with van der Waals surface area (Å²) in [5, 5.41) is 13.9. The second-order valence-electron chi connectivity index (χ2n) is 5.03. The van der Waals surface area contributed by atoms with Gasteiger partial charge in [0.05, 0.1) is 25.8 Å². The molecule has 0 saturated heterocycles. The molecule has 2 rings (SSSR count). The molecular weight excluding hydrogens is 286 g/mol. The summed E-state index contributed by atoms with van der Waals surface area (Å²) in [6.45, 7) is 0. The van der Waals surface area contributed by atoms with Gasteiger partial charge in [-0.3, -0.25) is 4.79 Å². The van der Waals surface area contributed by atoms with Crippen molar-refractivity contribution >= 4 is 17.6 Å². The predicted molar refractivity (Wildman–Crippen MR) is 78.5 cm³/mol. The molecule has 1 aliphatic rings. The predicted octanol–water partition coefficient (Wildman–Crippen LogP) is 0.975. The number of ether oxygens (including phenoxy) is 2. The molecule has 0 saturated carbocycles. The van der Waals surface area contributed by atoms with Crippen molar-refractivity contribution < 1.29 is 24.2 Å². The van der Waals surface area contributed by atoms with Crippen molar-refractivity contribution in [1.29, 1.82) is 0 Å². The highest BCUT2D eigenvalue weighted by Gasteiger charge is 2.30. The van der Waals surface area contributed by atoms with Crippen molar-refractivity contribution in [1.82, 2.24) is 0 Å². The summed E-state index contributed by atoms with van der Waals surface area (Å²) in [4.78, 5) is 23.6. The van der Waals surface area contributed by atoms with Crippen LogP contribution in [0.1, 0.15) is 12.8 Å². The minimum Gasteiger partial charge on any atom is -0.550 e. The molecule has 22 heavy (non-hydrogen) atoms. The maximum absolute atomic E-state index is 12.4. The van der Waals surface area contributed by atoms with Gasteiger partial charge in [-0.15, -0.1) is 0 Å². The molecule has 6 heteroatoms. The Morgan fingerprint density at radius 1 is 1.14 bits per heavy atom. The largest absolute Gasteiger partial charge is 0.550 e. The third-order valence-electron chi connectivity index (χ3n) is 3.74. The van der Waals surface area contributed by atoms with Crippen LogP contribution >= 0.6 is 0 Å². The highest BCUT2D eigenvalue weighted by Crippen LogP contribution is 2.31. The molecule has 1 aliphatic carbocycles. The fraction of sp³-hybridized carbons (Fsp3) is 0.375. The van der Waals surface area contributed by atoms with Gasteiger partial charge in [0.25, 0.3) is 0 Å². The van der Waals surface area contributed by atoms with Gasteiger partial charge in [0.15, 0.2) is 0 Å². The molecule has 0 spiro atoms. The zero-order valence-electron chi connectivity index (χ0n) is 12.5. The van der Waals surface area contributed by atoms with E-state index >= 15 is 0 Å². The number of carboxylic acid groups (broad SMARTS) is 1. The van der Waals surface area contributed by atoms with Crippen molar-refractivity contribution in [2.75, 3.05) is 19.5 Å². The van der Waals surface area contributed by atoms with Crippen molar-refractivity contribution in [2.45, 2.75) is 12.8 Å². The van der Waals surface area contributed by atoms with Crippen LogP contribution in [-0.4, -0.2) is 26.1 Å². The van der Waals surface area contributed by atoms with E-state index in [1.54, 1.807) is 24.3 Å². The van der Waals surface area contributed by atoms with Crippen LogP contribution in [0.5, 0.6) is 11.5 Å². The zero-order valence-corrected chi connectivity index (χ0v) is 12.5. The molecule has 0 heterocycles. The first-order valence-electron chi connectivity index (χ1n) is 6.95. The van der Waals surface area contributed by atoms with E-state index in [0.717, 1.165) is 0 Å². The number of anilines is 1. The van der Waals surface area contributed by atoms with Crippen LogP contribution in [0.15, 0.2) is 30.4 Å². The van der Waals surface area contributed by atoms with Gasteiger partial charge in [0, 0.05) is 18.0 Å². The molecular formula is C16H18NO5-. The molecule has 1 amide bonds. The SMILES string of the molecule is COc1ccc(OC)c(NC(=O)[C@@H]2CC=CC[C@@H]2C(=O)[O-])c1. The quantitative estimate of drug-likeness (QED) is 0.819. The number of allylic oxidation sites excluding steroid dienone is 2. The summed E-state index contributed by atoms with van der Waals surface area (Å²) in [6.07, 6.45) is 4.25. The Hall–Kier alpha value is -2.50. The topological polar surface area (TPSA) is 87.7 Å². The fourth-order valence-corrected chi connectivity index (χ4v) is 2.50. The number of benzene rings is 1. The van der Waals surface area contributed by atoms with Crippen LogP contribution in [0.2, 0.25) is 0 Å². The number of amides is 1. The third kappa shape index (κ3) is 3.39. The number of nitrogens with one attached hydrogen (secondary N) is 1. The van der Waals surface area contributed by atoms with Crippen molar-refractivity contribution in [3.05, 3.63) is 30.4 Å². The first-order chi connectivity index (χ1) is 10.6. The molecule has 0 aromatic heterocycles. The molecule has 0 aliphatic heterocycles. The standard InChI is InChI=1S/C16H19NO5/c1-21-10-7-8-14(22-2)13(9-10)17-15(18)11-5-3-4-6-12(11)16(19)20/h3-4,7-9,11-12H,5-6H2,1-2H3,(H,17,18)(H,19,20)/p-1/t11-,12+/m1/s1. The Morgan fingerprint density at radius 2 is 1.82 bits per heavy atom. The molecule has 1 aromatic rings. The van der Waals surface area contributed by atoms with Crippen molar-refractivity contribution in [3.8, 4) is 11.5 Å². The molecule has 0 fully saturated rings. The van der Waals surface area contributed by atoms with E-state index in [4.69, 9.17) is 9.47 Å². The molecule has 0 radical (unpaired) electrons. The van der Waals surface area contributed by atoms with E-state index < -0.39 is 17.8 Å². The number of carbonyl (C=O) groups is 2. The van der Waals surface area contributed by atoms with Crippen molar-refractivity contribution in [3.63, 3.8) is 0 Å². The van der Waals surface area contributed by atoms with Gasteiger partial charge < -0.3 is 24.7 Å².